The summed E-state index contributed by atoms with van der Waals surface area (Å²) in [5.74, 6) is 0.739. The van der Waals surface area contributed by atoms with Gasteiger partial charge < -0.3 is 14.2 Å². The minimum Gasteiger partial charge on any atom is -0.462 e. The van der Waals surface area contributed by atoms with Gasteiger partial charge in [0.25, 0.3) is 0 Å². The molecule has 0 fully saturated rings. The van der Waals surface area contributed by atoms with Crippen LogP contribution in [0.1, 0.15) is 253 Å². The van der Waals surface area contributed by atoms with Gasteiger partial charge >= 0.3 is 17.9 Å². The van der Waals surface area contributed by atoms with Crippen molar-refractivity contribution in [3.05, 3.63) is 0 Å². The SMILES string of the molecule is CCCCCCCCCCCCCCC(=O)OC[C@H](COC(=O)CCCCCCCCCC(C)C)OC(=O)CCCCCCCCCCCCC(C)C. The van der Waals surface area contributed by atoms with Gasteiger partial charge in [0, 0.05) is 19.3 Å². The Hall–Kier alpha value is -1.59. The first-order valence-corrected chi connectivity index (χ1v) is 23.2. The fraction of sp³-hybridized carbons (Fsp3) is 0.936. The van der Waals surface area contributed by atoms with E-state index in [0.717, 1.165) is 69.6 Å². The number of esters is 3. The van der Waals surface area contributed by atoms with Gasteiger partial charge in [-0.2, -0.15) is 0 Å². The summed E-state index contributed by atoms with van der Waals surface area (Å²) >= 11 is 0. The summed E-state index contributed by atoms with van der Waals surface area (Å²) in [4.78, 5) is 37.7. The van der Waals surface area contributed by atoms with E-state index >= 15 is 0 Å². The zero-order chi connectivity index (χ0) is 39.0. The largest absolute Gasteiger partial charge is 0.462 e. The Balaban J connectivity index is 4.33. The summed E-state index contributed by atoms with van der Waals surface area (Å²) in [5.41, 5.74) is 0. The molecule has 0 aromatic carbocycles. The maximum Gasteiger partial charge on any atom is 0.306 e. The third-order valence-electron chi connectivity index (χ3n) is 10.5. The van der Waals surface area contributed by atoms with Crippen LogP contribution in [0.25, 0.3) is 0 Å². The van der Waals surface area contributed by atoms with Crippen LogP contribution < -0.4 is 0 Å². The quantitative estimate of drug-likeness (QED) is 0.0352. The normalized spacial score (nSPS) is 12.1. The highest BCUT2D eigenvalue weighted by atomic mass is 16.6. The predicted octanol–water partition coefficient (Wildman–Crippen LogP) is 14.6. The zero-order valence-electron chi connectivity index (χ0n) is 36.1. The van der Waals surface area contributed by atoms with Crippen LogP contribution in [0.3, 0.4) is 0 Å². The number of hydrogen-bond donors (Lipinski definition) is 0. The Morgan fingerprint density at radius 1 is 0.358 bits per heavy atom. The molecule has 0 aliphatic carbocycles. The average molecular weight is 751 g/mol. The molecule has 0 amide bonds. The van der Waals surface area contributed by atoms with E-state index in [9.17, 15) is 14.4 Å². The second-order valence-corrected chi connectivity index (χ2v) is 17.0. The zero-order valence-corrected chi connectivity index (χ0v) is 36.1. The number of ether oxygens (including phenoxy) is 3. The lowest BCUT2D eigenvalue weighted by Crippen LogP contribution is -2.30. The third kappa shape index (κ3) is 41.4. The van der Waals surface area contributed by atoms with Crippen molar-refractivity contribution in [3.63, 3.8) is 0 Å². The lowest BCUT2D eigenvalue weighted by molar-refractivity contribution is -0.167. The Labute approximate surface area is 329 Å². The van der Waals surface area contributed by atoms with Crippen molar-refractivity contribution in [1.29, 1.82) is 0 Å². The summed E-state index contributed by atoms with van der Waals surface area (Å²) in [6.07, 6.45) is 38.1. The average Bonchev–Trinajstić information content (AvgIpc) is 3.12. The molecule has 0 saturated heterocycles. The van der Waals surface area contributed by atoms with E-state index in [0.29, 0.717) is 19.3 Å². The Morgan fingerprint density at radius 3 is 0.925 bits per heavy atom. The molecule has 0 aliphatic heterocycles. The molecule has 0 radical (unpaired) electrons. The van der Waals surface area contributed by atoms with E-state index < -0.39 is 6.10 Å². The van der Waals surface area contributed by atoms with Gasteiger partial charge in [0.15, 0.2) is 6.10 Å². The van der Waals surface area contributed by atoms with Gasteiger partial charge in [-0.05, 0) is 31.1 Å². The first kappa shape index (κ1) is 51.4. The second-order valence-electron chi connectivity index (χ2n) is 17.0. The molecule has 0 spiro atoms. The van der Waals surface area contributed by atoms with Crippen molar-refractivity contribution in [2.45, 2.75) is 259 Å². The van der Waals surface area contributed by atoms with Gasteiger partial charge in [0.1, 0.15) is 13.2 Å². The number of hydrogen-bond acceptors (Lipinski definition) is 6. The van der Waals surface area contributed by atoms with Gasteiger partial charge in [0.2, 0.25) is 0 Å². The summed E-state index contributed by atoms with van der Waals surface area (Å²) in [5, 5.41) is 0. The van der Waals surface area contributed by atoms with Gasteiger partial charge in [-0.25, -0.2) is 0 Å². The molecule has 0 aromatic rings. The van der Waals surface area contributed by atoms with Crippen molar-refractivity contribution in [2.24, 2.45) is 11.8 Å². The van der Waals surface area contributed by atoms with Crippen molar-refractivity contribution in [1.82, 2.24) is 0 Å². The summed E-state index contributed by atoms with van der Waals surface area (Å²) in [6, 6.07) is 0. The molecule has 6 nitrogen and oxygen atoms in total. The standard InChI is InChI=1S/C47H90O6/c1-6-7-8-9-10-11-12-13-17-22-27-32-37-45(48)51-40-44(41-52-46(49)38-33-28-24-19-21-26-31-36-43(4)5)53-47(50)39-34-29-23-18-15-14-16-20-25-30-35-42(2)3/h42-44H,6-41H2,1-5H3/t44-/m1/s1. The Kier molecular flexibility index (Phi) is 38.9. The first-order chi connectivity index (χ1) is 25.7. The molecule has 0 saturated carbocycles. The number of unbranched alkanes of at least 4 members (excludes halogenated alkanes) is 26. The maximum atomic E-state index is 12.7. The van der Waals surface area contributed by atoms with Crippen LogP contribution in [-0.4, -0.2) is 37.2 Å². The molecule has 0 aromatic heterocycles. The minimum absolute atomic E-state index is 0.0651. The molecule has 0 N–H and O–H groups in total. The van der Waals surface area contributed by atoms with Crippen LogP contribution in [0.5, 0.6) is 0 Å². The molecule has 314 valence electrons. The van der Waals surface area contributed by atoms with E-state index in [2.05, 4.69) is 34.6 Å². The lowest BCUT2D eigenvalue weighted by atomic mass is 10.0. The number of rotatable bonds is 41. The van der Waals surface area contributed by atoms with E-state index in [-0.39, 0.29) is 31.1 Å². The highest BCUT2D eigenvalue weighted by Gasteiger charge is 2.19. The highest BCUT2D eigenvalue weighted by Crippen LogP contribution is 2.16. The highest BCUT2D eigenvalue weighted by molar-refractivity contribution is 5.71. The van der Waals surface area contributed by atoms with Crippen LogP contribution in [0.15, 0.2) is 0 Å². The molecule has 0 aliphatic rings. The molecule has 6 heteroatoms. The predicted molar refractivity (Wildman–Crippen MR) is 224 cm³/mol. The van der Waals surface area contributed by atoms with Crippen LogP contribution >= 0.6 is 0 Å². The minimum atomic E-state index is -0.760. The fourth-order valence-corrected chi connectivity index (χ4v) is 6.93. The monoisotopic (exact) mass is 751 g/mol. The second kappa shape index (κ2) is 40.1. The molecule has 53 heavy (non-hydrogen) atoms. The van der Waals surface area contributed by atoms with Crippen LogP contribution in [0.2, 0.25) is 0 Å². The topological polar surface area (TPSA) is 78.9 Å². The molecule has 0 bridgehead atoms. The van der Waals surface area contributed by atoms with Crippen LogP contribution in [0, 0.1) is 11.8 Å². The van der Waals surface area contributed by atoms with Crippen molar-refractivity contribution in [2.75, 3.05) is 13.2 Å². The molecule has 1 atom stereocenters. The van der Waals surface area contributed by atoms with Gasteiger partial charge in [-0.3, -0.25) is 14.4 Å². The third-order valence-corrected chi connectivity index (χ3v) is 10.5. The van der Waals surface area contributed by atoms with E-state index in [4.69, 9.17) is 14.2 Å². The van der Waals surface area contributed by atoms with Gasteiger partial charge in [-0.15, -0.1) is 0 Å². The number of carbonyl (C=O) groups excluding carboxylic acids is 3. The van der Waals surface area contributed by atoms with Crippen LogP contribution in [0.4, 0.5) is 0 Å². The molecule has 0 heterocycles. The van der Waals surface area contributed by atoms with Gasteiger partial charge in [-0.1, -0.05) is 214 Å². The molecular formula is C47H90O6. The van der Waals surface area contributed by atoms with Crippen molar-refractivity contribution in [3.8, 4) is 0 Å². The molecule has 0 rings (SSSR count). The summed E-state index contributed by atoms with van der Waals surface area (Å²) in [7, 11) is 0. The fourth-order valence-electron chi connectivity index (χ4n) is 6.93. The Bertz CT molecular complexity index is 809. The summed E-state index contributed by atoms with van der Waals surface area (Å²) in [6.45, 7) is 11.3. The van der Waals surface area contributed by atoms with E-state index in [1.807, 2.05) is 0 Å². The summed E-state index contributed by atoms with van der Waals surface area (Å²) < 4.78 is 16.7. The van der Waals surface area contributed by atoms with Gasteiger partial charge in [0.05, 0.1) is 0 Å². The van der Waals surface area contributed by atoms with Crippen molar-refractivity contribution >= 4 is 17.9 Å². The lowest BCUT2D eigenvalue weighted by Gasteiger charge is -2.18. The number of carbonyl (C=O) groups is 3. The molecular weight excluding hydrogens is 661 g/mol. The van der Waals surface area contributed by atoms with Crippen LogP contribution in [-0.2, 0) is 28.6 Å². The van der Waals surface area contributed by atoms with E-state index in [1.165, 1.54) is 141 Å². The first-order valence-electron chi connectivity index (χ1n) is 23.2. The smallest absolute Gasteiger partial charge is 0.306 e. The maximum absolute atomic E-state index is 12.7. The van der Waals surface area contributed by atoms with Crippen molar-refractivity contribution < 1.29 is 28.6 Å². The molecule has 0 unspecified atom stereocenters. The Morgan fingerprint density at radius 2 is 0.623 bits per heavy atom. The van der Waals surface area contributed by atoms with E-state index in [1.54, 1.807) is 0 Å².